The van der Waals surface area contributed by atoms with E-state index in [9.17, 15) is 13.2 Å². The summed E-state index contributed by atoms with van der Waals surface area (Å²) in [4.78, 5) is 17.1. The topological polar surface area (TPSA) is 126 Å². The zero-order valence-corrected chi connectivity index (χ0v) is 24.2. The summed E-state index contributed by atoms with van der Waals surface area (Å²) < 4.78 is 38.0. The fourth-order valence-electron chi connectivity index (χ4n) is 4.93. The highest BCUT2D eigenvalue weighted by Gasteiger charge is 2.25. The van der Waals surface area contributed by atoms with Gasteiger partial charge in [-0.2, -0.15) is 0 Å². The van der Waals surface area contributed by atoms with E-state index in [1.165, 1.54) is 17.6 Å². The van der Waals surface area contributed by atoms with E-state index >= 15 is 0 Å². The van der Waals surface area contributed by atoms with Crippen LogP contribution >= 0.6 is 22.9 Å². The molecule has 5 rings (SSSR count). The monoisotopic (exact) mass is 590 g/mol. The smallest absolute Gasteiger partial charge is 0.262 e. The van der Waals surface area contributed by atoms with Gasteiger partial charge < -0.3 is 20.5 Å². The van der Waals surface area contributed by atoms with Crippen LogP contribution in [0.5, 0.6) is 11.5 Å². The van der Waals surface area contributed by atoms with Crippen molar-refractivity contribution in [3.05, 3.63) is 63.0 Å². The highest BCUT2D eigenvalue weighted by atomic mass is 35.5. The van der Waals surface area contributed by atoms with Gasteiger partial charge in [0.25, 0.3) is 5.91 Å². The number of thiophene rings is 1. The fourth-order valence-corrected chi connectivity index (χ4v) is 7.08. The normalized spacial score (nSPS) is 16.8. The Morgan fingerprint density at radius 3 is 2.77 bits per heavy atom. The lowest BCUT2D eigenvalue weighted by atomic mass is 10.0. The summed E-state index contributed by atoms with van der Waals surface area (Å²) in [7, 11) is -3.15. The zero-order chi connectivity index (χ0) is 27.7. The van der Waals surface area contributed by atoms with Gasteiger partial charge in [-0.15, -0.1) is 11.3 Å². The molecule has 0 spiro atoms. The first-order chi connectivity index (χ1) is 18.6. The number of primary amides is 1. The maximum Gasteiger partial charge on any atom is 0.262 e. The van der Waals surface area contributed by atoms with Gasteiger partial charge in [0.15, 0.2) is 9.84 Å². The molecule has 3 heterocycles. The average Bonchev–Trinajstić information content (AvgIpc) is 3.49. The molecule has 1 saturated heterocycles. The van der Waals surface area contributed by atoms with Gasteiger partial charge in [-0.25, -0.2) is 13.4 Å². The number of hydrogen-bond acceptors (Lipinski definition) is 8. The molecule has 0 unspecified atom stereocenters. The van der Waals surface area contributed by atoms with Crippen LogP contribution in [0.4, 0.5) is 0 Å². The Morgan fingerprint density at radius 1 is 1.28 bits per heavy atom. The first-order valence-electron chi connectivity index (χ1n) is 12.8. The lowest BCUT2D eigenvalue weighted by Gasteiger charge is -2.25. The van der Waals surface area contributed by atoms with Crippen molar-refractivity contribution in [2.45, 2.75) is 44.8 Å². The van der Waals surface area contributed by atoms with Crippen molar-refractivity contribution in [1.82, 2.24) is 14.9 Å². The molecule has 1 fully saturated rings. The number of sulfone groups is 1. The van der Waals surface area contributed by atoms with Crippen molar-refractivity contribution in [3.8, 4) is 16.5 Å². The molecule has 2 aliphatic rings. The molecule has 3 aromatic rings. The van der Waals surface area contributed by atoms with E-state index in [-0.39, 0.29) is 16.7 Å². The van der Waals surface area contributed by atoms with Gasteiger partial charge in [-0.1, -0.05) is 29.3 Å². The molecule has 1 amide bonds. The molecule has 3 N–H and O–H groups in total. The number of halogens is 1. The molecule has 9 nitrogen and oxygen atoms in total. The maximum atomic E-state index is 12.4. The number of nitrogens with one attached hydrogen (secondary N) is 1. The molecule has 1 atom stereocenters. The number of piperidine rings is 1. The molecule has 39 heavy (non-hydrogen) atoms. The van der Waals surface area contributed by atoms with Crippen LogP contribution in [0.2, 0.25) is 5.02 Å². The number of rotatable bonds is 9. The summed E-state index contributed by atoms with van der Waals surface area (Å²) in [6.45, 7) is 3.68. The first-order valence-corrected chi connectivity index (χ1v) is 16.0. The molecule has 0 bridgehead atoms. The number of imidazole rings is 1. The van der Waals surface area contributed by atoms with Crippen LogP contribution in [0.15, 0.2) is 36.2 Å². The highest BCUT2D eigenvalue weighted by Crippen LogP contribution is 2.39. The van der Waals surface area contributed by atoms with Crippen molar-refractivity contribution < 1.29 is 22.7 Å². The van der Waals surface area contributed by atoms with E-state index in [2.05, 4.69) is 10.3 Å². The largest absolute Gasteiger partial charge is 0.489 e. The number of fused-ring (bicyclic) bond motifs is 1. The SMILES string of the molecule is C[C@@H](Oc1cc(-n2cnc3c2C=C(CS(C)(=O)=O)CC3)sc1C(N)=O)c1cccc(OC2CCNCC2)c1Cl. The Bertz CT molecular complexity index is 1520. The number of aryl methyl sites for hydroxylation is 1. The van der Waals surface area contributed by atoms with Gasteiger partial charge in [0, 0.05) is 17.9 Å². The summed E-state index contributed by atoms with van der Waals surface area (Å²) in [5.74, 6) is 0.348. The van der Waals surface area contributed by atoms with Gasteiger partial charge >= 0.3 is 0 Å². The number of amides is 1. The van der Waals surface area contributed by atoms with Crippen LogP contribution in [0.25, 0.3) is 11.1 Å². The molecule has 0 radical (unpaired) electrons. The van der Waals surface area contributed by atoms with Gasteiger partial charge in [-0.3, -0.25) is 9.36 Å². The van der Waals surface area contributed by atoms with Crippen molar-refractivity contribution >= 4 is 44.8 Å². The van der Waals surface area contributed by atoms with Crippen molar-refractivity contribution in [2.75, 3.05) is 25.1 Å². The lowest BCUT2D eigenvalue weighted by molar-refractivity contribution is 0.0998. The number of nitrogens with two attached hydrogens (primary N) is 1. The molecule has 2 aromatic heterocycles. The number of aromatic nitrogens is 2. The third-order valence-corrected chi connectivity index (χ3v) is 9.25. The Morgan fingerprint density at radius 2 is 2.05 bits per heavy atom. The van der Waals surface area contributed by atoms with Gasteiger partial charge in [0.2, 0.25) is 0 Å². The van der Waals surface area contributed by atoms with Crippen LogP contribution in [-0.2, 0) is 16.3 Å². The summed E-state index contributed by atoms with van der Waals surface area (Å²) in [6, 6.07) is 7.36. The second-order valence-corrected chi connectivity index (χ2v) is 13.5. The number of carbonyl (C=O) groups is 1. The number of nitrogens with zero attached hydrogens (tertiary/aromatic N) is 2. The summed E-state index contributed by atoms with van der Waals surface area (Å²) in [5.41, 5.74) is 8.94. The molecule has 208 valence electrons. The molecular weight excluding hydrogens is 560 g/mol. The predicted molar refractivity (Wildman–Crippen MR) is 153 cm³/mol. The highest BCUT2D eigenvalue weighted by molar-refractivity contribution is 7.90. The molecule has 0 saturated carbocycles. The molecule has 1 aliphatic carbocycles. The molecule has 12 heteroatoms. The minimum atomic E-state index is -3.15. The van der Waals surface area contributed by atoms with Gasteiger partial charge in [0.05, 0.1) is 22.2 Å². The van der Waals surface area contributed by atoms with Crippen molar-refractivity contribution in [1.29, 1.82) is 0 Å². The minimum absolute atomic E-state index is 0.00163. The number of benzene rings is 1. The van der Waals surface area contributed by atoms with E-state index in [0.29, 0.717) is 34.4 Å². The van der Waals surface area contributed by atoms with E-state index in [4.69, 9.17) is 26.8 Å². The van der Waals surface area contributed by atoms with E-state index in [1.807, 2.05) is 35.8 Å². The summed E-state index contributed by atoms with van der Waals surface area (Å²) in [5, 5.41) is 4.49. The zero-order valence-electron chi connectivity index (χ0n) is 21.8. The Kier molecular flexibility index (Phi) is 8.04. The van der Waals surface area contributed by atoms with Crippen molar-refractivity contribution in [3.63, 3.8) is 0 Å². The standard InChI is InChI=1S/C27H31ClN4O5S2/c1-16(19-4-3-5-22(25(19)28)37-18-8-10-30-11-9-18)36-23-13-24(38-26(23)27(29)33)32-15-31-20-7-6-17(12-21(20)32)14-39(2,34)35/h3-5,12-13,15-16,18,30H,6-11,14H2,1-2H3,(H2,29,33)/t16-/m1/s1. The van der Waals surface area contributed by atoms with Crippen LogP contribution in [0, 0.1) is 0 Å². The quantitative estimate of drug-likeness (QED) is 0.380. The second-order valence-electron chi connectivity index (χ2n) is 9.95. The fraction of sp³-hybridized carbons (Fsp3) is 0.407. The molecule has 1 aliphatic heterocycles. The van der Waals surface area contributed by atoms with Gasteiger partial charge in [0.1, 0.15) is 39.9 Å². The third-order valence-electron chi connectivity index (χ3n) is 6.82. The third kappa shape index (κ3) is 6.32. The summed E-state index contributed by atoms with van der Waals surface area (Å²) >= 11 is 7.94. The Hall–Kier alpha value is -2.86. The first kappa shape index (κ1) is 27.7. The average molecular weight is 591 g/mol. The predicted octanol–water partition coefficient (Wildman–Crippen LogP) is 4.33. The van der Waals surface area contributed by atoms with E-state index in [0.717, 1.165) is 48.5 Å². The van der Waals surface area contributed by atoms with E-state index in [1.54, 1.807) is 12.4 Å². The van der Waals surface area contributed by atoms with Crippen LogP contribution in [0.3, 0.4) is 0 Å². The molecular formula is C27H31ClN4O5S2. The van der Waals surface area contributed by atoms with Crippen LogP contribution in [-0.4, -0.2) is 55.1 Å². The number of ether oxygens (including phenoxy) is 2. The Balaban J connectivity index is 1.41. The minimum Gasteiger partial charge on any atom is -0.489 e. The lowest BCUT2D eigenvalue weighted by Crippen LogP contribution is -2.34. The Labute approximate surface area is 236 Å². The van der Waals surface area contributed by atoms with Crippen LogP contribution in [0.1, 0.15) is 58.9 Å². The van der Waals surface area contributed by atoms with Gasteiger partial charge in [-0.05, 0) is 57.8 Å². The van der Waals surface area contributed by atoms with E-state index < -0.39 is 21.8 Å². The maximum absolute atomic E-state index is 12.4. The summed E-state index contributed by atoms with van der Waals surface area (Å²) in [6.07, 6.45) is 7.49. The van der Waals surface area contributed by atoms with Crippen molar-refractivity contribution in [2.24, 2.45) is 5.73 Å². The van der Waals surface area contributed by atoms with Crippen LogP contribution < -0.4 is 20.5 Å². The molecule has 1 aromatic carbocycles. The second kappa shape index (κ2) is 11.3. The number of hydrogen-bond donors (Lipinski definition) is 2. The number of carbonyl (C=O) groups excluding carboxylic acids is 1.